The van der Waals surface area contributed by atoms with Crippen molar-refractivity contribution in [3.8, 4) is 0 Å². The van der Waals surface area contributed by atoms with Crippen molar-refractivity contribution < 1.29 is 19.0 Å². The van der Waals surface area contributed by atoms with E-state index >= 15 is 0 Å². The van der Waals surface area contributed by atoms with Gasteiger partial charge in [-0.1, -0.05) is 32.0 Å². The number of carbonyl (C=O) groups excluding carboxylic acids is 1. The van der Waals surface area contributed by atoms with Crippen molar-refractivity contribution in [1.82, 2.24) is 5.32 Å². The van der Waals surface area contributed by atoms with Crippen molar-refractivity contribution in [2.75, 3.05) is 13.2 Å². The maximum atomic E-state index is 14.5. The molecular formula is C21H28FNO3. The summed E-state index contributed by atoms with van der Waals surface area (Å²) in [6.07, 6.45) is 2.85. The van der Waals surface area contributed by atoms with Gasteiger partial charge in [0.25, 0.3) is 0 Å². The maximum Gasteiger partial charge on any atom is 0.222 e. The van der Waals surface area contributed by atoms with E-state index in [0.717, 1.165) is 19.3 Å². The quantitative estimate of drug-likeness (QED) is 0.866. The van der Waals surface area contributed by atoms with Crippen molar-refractivity contribution >= 4 is 5.91 Å². The first-order chi connectivity index (χ1) is 12.4. The van der Waals surface area contributed by atoms with Gasteiger partial charge >= 0.3 is 0 Å². The minimum absolute atomic E-state index is 0.00125. The number of hydrogen-bond donors (Lipinski definition) is 2. The zero-order valence-electron chi connectivity index (χ0n) is 15.5. The van der Waals surface area contributed by atoms with Crippen LogP contribution in [-0.4, -0.2) is 30.3 Å². The lowest BCUT2D eigenvalue weighted by atomic mass is 9.58. The van der Waals surface area contributed by atoms with E-state index in [1.54, 1.807) is 6.07 Å². The summed E-state index contributed by atoms with van der Waals surface area (Å²) in [6, 6.07) is 6.93. The minimum Gasteiger partial charge on any atom is -0.396 e. The predicted octanol–water partition coefficient (Wildman–Crippen LogP) is 3.21. The van der Waals surface area contributed by atoms with Gasteiger partial charge in [-0.3, -0.25) is 4.79 Å². The highest BCUT2D eigenvalue weighted by Gasteiger charge is 2.68. The van der Waals surface area contributed by atoms with E-state index in [1.807, 2.05) is 12.1 Å². The molecule has 5 atom stereocenters. The summed E-state index contributed by atoms with van der Waals surface area (Å²) >= 11 is 0. The van der Waals surface area contributed by atoms with Crippen molar-refractivity contribution in [2.45, 2.75) is 51.7 Å². The van der Waals surface area contributed by atoms with Crippen LogP contribution in [0.4, 0.5) is 4.39 Å². The van der Waals surface area contributed by atoms with Crippen molar-refractivity contribution in [3.63, 3.8) is 0 Å². The summed E-state index contributed by atoms with van der Waals surface area (Å²) < 4.78 is 20.5. The van der Waals surface area contributed by atoms with Gasteiger partial charge in [0.1, 0.15) is 5.82 Å². The molecule has 4 nitrogen and oxygen atoms in total. The largest absolute Gasteiger partial charge is 0.396 e. The third kappa shape index (κ3) is 2.51. The van der Waals surface area contributed by atoms with Crippen LogP contribution in [-0.2, 0) is 9.53 Å². The van der Waals surface area contributed by atoms with Gasteiger partial charge < -0.3 is 15.2 Å². The molecule has 26 heavy (non-hydrogen) atoms. The maximum absolute atomic E-state index is 14.5. The zero-order valence-corrected chi connectivity index (χ0v) is 15.5. The molecule has 1 spiro atoms. The van der Waals surface area contributed by atoms with Gasteiger partial charge in [0.2, 0.25) is 5.91 Å². The number of aliphatic hydroxyl groups is 1. The van der Waals surface area contributed by atoms with Gasteiger partial charge in [-0.15, -0.1) is 0 Å². The van der Waals surface area contributed by atoms with Crippen LogP contribution in [0.1, 0.15) is 51.2 Å². The van der Waals surface area contributed by atoms with Crippen molar-refractivity contribution in [1.29, 1.82) is 0 Å². The lowest BCUT2D eigenvalue weighted by Crippen LogP contribution is -2.59. The van der Waals surface area contributed by atoms with E-state index < -0.39 is 0 Å². The van der Waals surface area contributed by atoms with Crippen LogP contribution >= 0.6 is 0 Å². The average molecular weight is 361 g/mol. The van der Waals surface area contributed by atoms with Gasteiger partial charge in [-0.05, 0) is 48.0 Å². The molecule has 5 heteroatoms. The Balaban J connectivity index is 1.68. The van der Waals surface area contributed by atoms with E-state index in [0.29, 0.717) is 18.1 Å². The zero-order chi connectivity index (χ0) is 18.5. The highest BCUT2D eigenvalue weighted by atomic mass is 19.1. The minimum atomic E-state index is -0.247. The monoisotopic (exact) mass is 361 g/mol. The van der Waals surface area contributed by atoms with Gasteiger partial charge in [0.05, 0.1) is 12.7 Å². The Labute approximate surface area is 154 Å². The molecule has 0 unspecified atom stereocenters. The highest BCUT2D eigenvalue weighted by Crippen LogP contribution is 2.70. The number of carbonyl (C=O) groups is 1. The summed E-state index contributed by atoms with van der Waals surface area (Å²) in [5.41, 5.74) is 0.589. The number of halogens is 1. The molecule has 3 fully saturated rings. The fourth-order valence-corrected chi connectivity index (χ4v) is 6.14. The highest BCUT2D eigenvalue weighted by molar-refractivity contribution is 5.76. The molecule has 1 aromatic rings. The van der Waals surface area contributed by atoms with Crippen molar-refractivity contribution in [2.24, 2.45) is 22.7 Å². The first kappa shape index (κ1) is 17.9. The number of aliphatic hydroxyl groups excluding tert-OH is 1. The molecule has 1 aliphatic heterocycles. The number of fused-ring (bicyclic) bond motifs is 1. The van der Waals surface area contributed by atoms with Gasteiger partial charge in [-0.25, -0.2) is 4.39 Å². The Morgan fingerprint density at radius 2 is 2.15 bits per heavy atom. The molecule has 0 radical (unpaired) electrons. The second kappa shape index (κ2) is 6.31. The Morgan fingerprint density at radius 3 is 2.88 bits per heavy atom. The fraction of sp³-hybridized carbons (Fsp3) is 0.667. The Morgan fingerprint density at radius 1 is 1.38 bits per heavy atom. The molecule has 1 heterocycles. The van der Waals surface area contributed by atoms with E-state index in [-0.39, 0.29) is 53.6 Å². The summed E-state index contributed by atoms with van der Waals surface area (Å²) in [7, 11) is 0. The molecule has 2 N–H and O–H groups in total. The summed E-state index contributed by atoms with van der Waals surface area (Å²) in [5.74, 6) is 0.395. The number of rotatable bonds is 4. The third-order valence-corrected chi connectivity index (χ3v) is 7.36. The Hall–Kier alpha value is -1.46. The average Bonchev–Trinajstić information content (AvgIpc) is 3.09. The lowest BCUT2D eigenvalue weighted by molar-refractivity contribution is -0.138. The van der Waals surface area contributed by atoms with Crippen LogP contribution in [0.5, 0.6) is 0 Å². The molecule has 4 rings (SSSR count). The van der Waals surface area contributed by atoms with Gasteiger partial charge in [0.15, 0.2) is 0 Å². The second-order valence-corrected chi connectivity index (χ2v) is 8.83. The molecule has 0 aromatic heterocycles. The molecule has 142 valence electrons. The number of nitrogens with one attached hydrogen (secondary N) is 1. The molecule has 2 saturated carbocycles. The summed E-state index contributed by atoms with van der Waals surface area (Å²) in [4.78, 5) is 12.3. The van der Waals surface area contributed by atoms with E-state index in [2.05, 4.69) is 19.2 Å². The number of hydrogen-bond acceptors (Lipinski definition) is 3. The van der Waals surface area contributed by atoms with Gasteiger partial charge in [0, 0.05) is 24.6 Å². The lowest BCUT2D eigenvalue weighted by Gasteiger charge is -2.53. The SMILES string of the molecule is CC1(C)[C@@H]2C[C@@H]3[C@@H](c4ccccc4F)OCC[C@]3(C2)[C@H]1NC(=O)CCO. The first-order valence-electron chi connectivity index (χ1n) is 9.66. The van der Waals surface area contributed by atoms with Crippen LogP contribution in [0.25, 0.3) is 0 Å². The molecule has 1 aromatic carbocycles. The standard InChI is InChI=1S/C21H28FNO3/c1-20(2)13-11-15-18(14-5-3-4-6-16(14)22)26-10-8-21(15,12-13)19(20)23-17(25)7-9-24/h3-6,13,15,18-19,24H,7-12H2,1-2H3,(H,23,25)/t13-,15-,18-,19+,21-/m1/s1. The molecule has 2 aliphatic carbocycles. The molecule has 1 amide bonds. The van der Waals surface area contributed by atoms with Gasteiger partial charge in [-0.2, -0.15) is 0 Å². The van der Waals surface area contributed by atoms with Crippen LogP contribution in [0.15, 0.2) is 24.3 Å². The Kier molecular flexibility index (Phi) is 4.35. The number of amides is 1. The molecule has 3 aliphatic rings. The smallest absolute Gasteiger partial charge is 0.222 e. The van der Waals surface area contributed by atoms with Crippen molar-refractivity contribution in [3.05, 3.63) is 35.6 Å². The third-order valence-electron chi connectivity index (χ3n) is 7.36. The predicted molar refractivity (Wildman–Crippen MR) is 95.8 cm³/mol. The van der Waals surface area contributed by atoms with E-state index in [4.69, 9.17) is 9.84 Å². The second-order valence-electron chi connectivity index (χ2n) is 8.83. The van der Waals surface area contributed by atoms with Crippen LogP contribution < -0.4 is 5.32 Å². The molecular weight excluding hydrogens is 333 g/mol. The van der Waals surface area contributed by atoms with E-state index in [9.17, 15) is 9.18 Å². The van der Waals surface area contributed by atoms with Crippen LogP contribution in [0.2, 0.25) is 0 Å². The normalized spacial score (nSPS) is 37.4. The first-order valence-corrected chi connectivity index (χ1v) is 9.66. The number of benzene rings is 1. The Bertz CT molecular complexity index is 706. The molecule has 2 bridgehead atoms. The van der Waals surface area contributed by atoms with E-state index in [1.165, 1.54) is 6.07 Å². The topological polar surface area (TPSA) is 58.6 Å². The molecule has 1 saturated heterocycles. The summed E-state index contributed by atoms with van der Waals surface area (Å²) in [5, 5.41) is 12.3. The number of ether oxygens (including phenoxy) is 1. The van der Waals surface area contributed by atoms with Crippen LogP contribution in [0, 0.1) is 28.5 Å². The fourth-order valence-electron chi connectivity index (χ4n) is 6.14. The summed E-state index contributed by atoms with van der Waals surface area (Å²) in [6.45, 7) is 4.92. The van der Waals surface area contributed by atoms with Crippen LogP contribution in [0.3, 0.4) is 0 Å².